The van der Waals surface area contributed by atoms with Gasteiger partial charge in [-0.1, -0.05) is 11.8 Å². The average Bonchev–Trinajstić information content (AvgIpc) is 2.71. The average molecular weight is 490 g/mol. The van der Waals surface area contributed by atoms with E-state index >= 15 is 0 Å². The number of aromatic nitrogens is 2. The molecule has 1 fully saturated rings. The highest BCUT2D eigenvalue weighted by Gasteiger charge is 2.11. The molecule has 27 heavy (non-hydrogen) atoms. The van der Waals surface area contributed by atoms with E-state index in [0.29, 0.717) is 5.95 Å². The number of halogens is 1. The molecule has 0 saturated carbocycles. The van der Waals surface area contributed by atoms with Gasteiger partial charge in [0.2, 0.25) is 5.95 Å². The molecule has 1 N–H and O–H groups in total. The summed E-state index contributed by atoms with van der Waals surface area (Å²) in [5.74, 6) is 0.602. The molecule has 1 aromatic heterocycles. The van der Waals surface area contributed by atoms with Gasteiger partial charge in [0.15, 0.2) is 0 Å². The monoisotopic (exact) mass is 490 g/mol. The third-order valence-corrected chi connectivity index (χ3v) is 5.83. The molecule has 3 aromatic rings. The van der Waals surface area contributed by atoms with Gasteiger partial charge >= 0.3 is 0 Å². The maximum absolute atomic E-state index is 5.41. The second kappa shape index (κ2) is 8.90. The predicted molar refractivity (Wildman–Crippen MR) is 118 cm³/mol. The van der Waals surface area contributed by atoms with Gasteiger partial charge in [0.1, 0.15) is 5.03 Å². The first-order valence-corrected chi connectivity index (χ1v) is 10.6. The summed E-state index contributed by atoms with van der Waals surface area (Å²) in [6.45, 7) is 3.46. The number of ether oxygens (including phenoxy) is 1. The Kier molecular flexibility index (Phi) is 6.10. The van der Waals surface area contributed by atoms with Crippen LogP contribution in [0, 0.1) is 3.57 Å². The van der Waals surface area contributed by atoms with Crippen LogP contribution in [-0.4, -0.2) is 36.3 Å². The predicted octanol–water partition coefficient (Wildman–Crippen LogP) is 4.81. The first-order chi connectivity index (χ1) is 13.3. The zero-order valence-corrected chi connectivity index (χ0v) is 17.6. The minimum atomic E-state index is 0.602. The molecule has 0 atom stereocenters. The van der Waals surface area contributed by atoms with Gasteiger partial charge in [-0.3, -0.25) is 0 Å². The van der Waals surface area contributed by atoms with Gasteiger partial charge in [-0.05, 0) is 77.2 Å². The van der Waals surface area contributed by atoms with E-state index in [2.05, 4.69) is 91.3 Å². The SMILES string of the molecule is Ic1ccc(Sc2ccnc(Nc3ccc(N4CCOCC4)cc3)n2)cc1. The minimum Gasteiger partial charge on any atom is -0.378 e. The van der Waals surface area contributed by atoms with Crippen molar-refractivity contribution < 1.29 is 4.74 Å². The Labute approximate surface area is 176 Å². The lowest BCUT2D eigenvalue weighted by Crippen LogP contribution is -2.36. The summed E-state index contributed by atoms with van der Waals surface area (Å²) in [4.78, 5) is 12.4. The summed E-state index contributed by atoms with van der Waals surface area (Å²) in [6, 6.07) is 18.7. The fraction of sp³-hybridized carbons (Fsp3) is 0.200. The van der Waals surface area contributed by atoms with Crippen LogP contribution >= 0.6 is 34.4 Å². The van der Waals surface area contributed by atoms with Crippen molar-refractivity contribution in [1.82, 2.24) is 9.97 Å². The van der Waals surface area contributed by atoms with E-state index in [1.165, 1.54) is 9.26 Å². The molecule has 138 valence electrons. The third-order valence-electron chi connectivity index (χ3n) is 4.17. The fourth-order valence-electron chi connectivity index (χ4n) is 2.79. The topological polar surface area (TPSA) is 50.3 Å². The first-order valence-electron chi connectivity index (χ1n) is 8.72. The van der Waals surface area contributed by atoms with Gasteiger partial charge in [-0.2, -0.15) is 0 Å². The standard InChI is InChI=1S/C20H19IN4OS/c21-15-1-7-18(8-2-15)27-19-9-10-22-20(24-19)23-16-3-5-17(6-4-16)25-11-13-26-14-12-25/h1-10H,11-14H2,(H,22,23,24). The molecule has 4 rings (SSSR count). The number of nitrogens with one attached hydrogen (secondary N) is 1. The summed E-state index contributed by atoms with van der Waals surface area (Å²) >= 11 is 3.94. The van der Waals surface area contributed by atoms with E-state index in [1.807, 2.05) is 6.07 Å². The van der Waals surface area contributed by atoms with Crippen molar-refractivity contribution in [3.05, 3.63) is 64.4 Å². The number of morpholine rings is 1. The lowest BCUT2D eigenvalue weighted by molar-refractivity contribution is 0.122. The van der Waals surface area contributed by atoms with Crippen LogP contribution in [0.5, 0.6) is 0 Å². The number of hydrogen-bond acceptors (Lipinski definition) is 6. The van der Waals surface area contributed by atoms with E-state index in [1.54, 1.807) is 18.0 Å². The fourth-order valence-corrected chi connectivity index (χ4v) is 3.92. The number of hydrogen-bond donors (Lipinski definition) is 1. The van der Waals surface area contributed by atoms with Gasteiger partial charge in [-0.15, -0.1) is 0 Å². The molecule has 1 aliphatic heterocycles. The van der Waals surface area contributed by atoms with Crippen LogP contribution in [0.4, 0.5) is 17.3 Å². The molecule has 2 heterocycles. The molecular formula is C20H19IN4OS. The second-order valence-electron chi connectivity index (χ2n) is 6.05. The molecule has 0 amide bonds. The Hall–Kier alpha value is -1.84. The largest absolute Gasteiger partial charge is 0.378 e. The van der Waals surface area contributed by atoms with Crippen LogP contribution in [0.15, 0.2) is 70.7 Å². The molecule has 0 spiro atoms. The van der Waals surface area contributed by atoms with E-state index < -0.39 is 0 Å². The quantitative estimate of drug-likeness (QED) is 0.409. The lowest BCUT2D eigenvalue weighted by Gasteiger charge is -2.28. The van der Waals surface area contributed by atoms with E-state index in [9.17, 15) is 0 Å². The molecule has 7 heteroatoms. The van der Waals surface area contributed by atoms with Crippen LogP contribution < -0.4 is 10.2 Å². The number of rotatable bonds is 5. The van der Waals surface area contributed by atoms with Crippen LogP contribution in [0.3, 0.4) is 0 Å². The second-order valence-corrected chi connectivity index (χ2v) is 8.39. The summed E-state index contributed by atoms with van der Waals surface area (Å²) < 4.78 is 6.64. The van der Waals surface area contributed by atoms with Gasteiger partial charge < -0.3 is 15.0 Å². The highest BCUT2D eigenvalue weighted by atomic mass is 127. The van der Waals surface area contributed by atoms with E-state index in [0.717, 1.165) is 41.9 Å². The Morgan fingerprint density at radius 3 is 2.44 bits per heavy atom. The molecule has 1 aliphatic rings. The Morgan fingerprint density at radius 1 is 0.963 bits per heavy atom. The van der Waals surface area contributed by atoms with Crippen molar-refractivity contribution in [1.29, 1.82) is 0 Å². The highest BCUT2D eigenvalue weighted by molar-refractivity contribution is 14.1. The summed E-state index contributed by atoms with van der Waals surface area (Å²) in [5.41, 5.74) is 2.19. The summed E-state index contributed by atoms with van der Waals surface area (Å²) in [7, 11) is 0. The van der Waals surface area contributed by atoms with Crippen LogP contribution in [0.25, 0.3) is 0 Å². The zero-order chi connectivity index (χ0) is 18.5. The number of benzene rings is 2. The van der Waals surface area contributed by atoms with Crippen molar-refractivity contribution in [3.8, 4) is 0 Å². The van der Waals surface area contributed by atoms with Crippen molar-refractivity contribution in [3.63, 3.8) is 0 Å². The van der Waals surface area contributed by atoms with E-state index in [4.69, 9.17) is 4.74 Å². The molecule has 1 saturated heterocycles. The van der Waals surface area contributed by atoms with Crippen LogP contribution in [0.2, 0.25) is 0 Å². The normalized spacial score (nSPS) is 14.2. The minimum absolute atomic E-state index is 0.602. The number of anilines is 3. The summed E-state index contributed by atoms with van der Waals surface area (Å²) in [5, 5.41) is 4.20. The summed E-state index contributed by atoms with van der Waals surface area (Å²) in [6.07, 6.45) is 1.78. The first kappa shape index (κ1) is 18.5. The Morgan fingerprint density at radius 2 is 1.70 bits per heavy atom. The zero-order valence-electron chi connectivity index (χ0n) is 14.6. The van der Waals surface area contributed by atoms with Gasteiger partial charge in [-0.25, -0.2) is 9.97 Å². The van der Waals surface area contributed by atoms with Gasteiger partial charge in [0.25, 0.3) is 0 Å². The smallest absolute Gasteiger partial charge is 0.228 e. The molecule has 0 aliphatic carbocycles. The van der Waals surface area contributed by atoms with Gasteiger partial charge in [0.05, 0.1) is 13.2 Å². The third kappa shape index (κ3) is 5.12. The maximum atomic E-state index is 5.41. The molecule has 0 radical (unpaired) electrons. The van der Waals surface area contributed by atoms with Crippen molar-refractivity contribution in [2.24, 2.45) is 0 Å². The van der Waals surface area contributed by atoms with Crippen LogP contribution in [0.1, 0.15) is 0 Å². The Balaban J connectivity index is 1.42. The lowest BCUT2D eigenvalue weighted by atomic mass is 10.2. The molecule has 0 bridgehead atoms. The van der Waals surface area contributed by atoms with Gasteiger partial charge in [0, 0.05) is 39.1 Å². The highest BCUT2D eigenvalue weighted by Crippen LogP contribution is 2.27. The molecule has 2 aromatic carbocycles. The molecule has 5 nitrogen and oxygen atoms in total. The van der Waals surface area contributed by atoms with Crippen molar-refractivity contribution in [2.75, 3.05) is 36.5 Å². The molecule has 0 unspecified atom stereocenters. The number of nitrogens with zero attached hydrogens (tertiary/aromatic N) is 3. The maximum Gasteiger partial charge on any atom is 0.228 e. The van der Waals surface area contributed by atoms with Crippen molar-refractivity contribution >= 4 is 51.7 Å². The van der Waals surface area contributed by atoms with Crippen LogP contribution in [-0.2, 0) is 4.74 Å². The van der Waals surface area contributed by atoms with E-state index in [-0.39, 0.29) is 0 Å². The molecular weight excluding hydrogens is 471 g/mol. The van der Waals surface area contributed by atoms with Crippen molar-refractivity contribution in [2.45, 2.75) is 9.92 Å². The Bertz CT molecular complexity index is 883.